The molecule has 96 valence electrons. The van der Waals surface area contributed by atoms with Gasteiger partial charge in [-0.05, 0) is 0 Å². The molecular formula is C5H13NO8P2. The molecule has 9 nitrogen and oxygen atoms in total. The van der Waals surface area contributed by atoms with Crippen molar-refractivity contribution in [2.75, 3.05) is 26.2 Å². The van der Waals surface area contributed by atoms with Crippen LogP contribution in [0.15, 0.2) is 0 Å². The van der Waals surface area contributed by atoms with Crippen LogP contribution in [0.25, 0.3) is 0 Å². The zero-order valence-electron chi connectivity index (χ0n) is 8.38. The summed E-state index contributed by atoms with van der Waals surface area (Å²) >= 11 is 0. The number of rotatable bonds is 7. The smallest absolute Gasteiger partial charge is 0.341 e. The number of carboxylic acid groups (broad SMARTS) is 1. The second-order valence-corrected chi connectivity index (χ2v) is 6.53. The van der Waals surface area contributed by atoms with E-state index in [1.165, 1.54) is 0 Å². The first-order valence-electron chi connectivity index (χ1n) is 3.92. The molecule has 0 aliphatic rings. The van der Waals surface area contributed by atoms with Crippen LogP contribution in [0.3, 0.4) is 0 Å². The number of carbonyl (C=O) groups is 1. The van der Waals surface area contributed by atoms with Gasteiger partial charge >= 0.3 is 21.2 Å². The summed E-state index contributed by atoms with van der Waals surface area (Å²) < 4.78 is 25.9. The molecule has 1 unspecified atom stereocenters. The molecule has 0 saturated heterocycles. The van der Waals surface area contributed by atoms with E-state index in [0.29, 0.717) is 4.90 Å². The van der Waals surface area contributed by atoms with Crippen LogP contribution in [0.4, 0.5) is 0 Å². The molecule has 11 heteroatoms. The molecule has 0 amide bonds. The van der Waals surface area contributed by atoms with E-state index in [1.807, 2.05) is 0 Å². The number of carboxylic acids is 1. The Labute approximate surface area is 91.3 Å². The van der Waals surface area contributed by atoms with Crippen LogP contribution in [-0.4, -0.2) is 56.9 Å². The van der Waals surface area contributed by atoms with Crippen molar-refractivity contribution in [3.8, 4) is 0 Å². The first kappa shape index (κ1) is 15.7. The molecule has 0 bridgehead atoms. The summed E-state index contributed by atoms with van der Waals surface area (Å²) in [4.78, 5) is 37.3. The summed E-state index contributed by atoms with van der Waals surface area (Å²) in [5.41, 5.74) is 0. The highest BCUT2D eigenvalue weighted by Gasteiger charge is 2.28. The second kappa shape index (κ2) is 5.88. The van der Waals surface area contributed by atoms with Crippen LogP contribution in [0, 0.1) is 0 Å². The van der Waals surface area contributed by atoms with Gasteiger partial charge < -0.3 is 24.3 Å². The Kier molecular flexibility index (Phi) is 5.78. The highest BCUT2D eigenvalue weighted by Crippen LogP contribution is 2.44. The molecule has 0 rings (SSSR count). The van der Waals surface area contributed by atoms with Gasteiger partial charge in [0.25, 0.3) is 0 Å². The lowest BCUT2D eigenvalue weighted by Gasteiger charge is -2.22. The summed E-state index contributed by atoms with van der Waals surface area (Å²) in [7, 11) is -7.61. The van der Waals surface area contributed by atoms with Crippen molar-refractivity contribution in [2.24, 2.45) is 0 Å². The Bertz CT molecular complexity index is 337. The summed E-state index contributed by atoms with van der Waals surface area (Å²) in [6.07, 6.45) is -1.69. The fourth-order valence-corrected chi connectivity index (χ4v) is 2.61. The van der Waals surface area contributed by atoms with Crippen LogP contribution >= 0.6 is 15.2 Å². The lowest BCUT2D eigenvalue weighted by Crippen LogP contribution is -2.31. The highest BCUT2D eigenvalue weighted by molar-refractivity contribution is 7.53. The van der Waals surface area contributed by atoms with Gasteiger partial charge in [-0.2, -0.15) is 0 Å². The third-order valence-corrected chi connectivity index (χ3v) is 3.50. The lowest BCUT2D eigenvalue weighted by atomic mass is 10.6. The molecule has 1 atom stereocenters. The average Bonchev–Trinajstić information content (AvgIpc) is 1.98. The van der Waals surface area contributed by atoms with Crippen LogP contribution in [0.1, 0.15) is 0 Å². The Morgan fingerprint density at radius 1 is 1.25 bits per heavy atom. The Morgan fingerprint density at radius 2 is 1.75 bits per heavy atom. The van der Waals surface area contributed by atoms with Gasteiger partial charge in [-0.1, -0.05) is 0 Å². The molecule has 0 radical (unpaired) electrons. The molecule has 0 heterocycles. The third-order valence-electron chi connectivity index (χ3n) is 1.41. The predicted octanol–water partition coefficient (Wildman–Crippen LogP) is -0.702. The Hall–Kier alpha value is -0.270. The first-order chi connectivity index (χ1) is 7.06. The molecule has 16 heavy (non-hydrogen) atoms. The van der Waals surface area contributed by atoms with E-state index >= 15 is 0 Å². The van der Waals surface area contributed by atoms with Crippen molar-refractivity contribution in [3.63, 3.8) is 0 Å². The largest absolute Gasteiger partial charge is 0.480 e. The van der Waals surface area contributed by atoms with Gasteiger partial charge in [0, 0.05) is 7.11 Å². The highest BCUT2D eigenvalue weighted by atomic mass is 31.2. The second-order valence-electron chi connectivity index (χ2n) is 2.99. The molecule has 0 fully saturated rings. The molecule has 0 saturated carbocycles. The van der Waals surface area contributed by atoms with Crippen molar-refractivity contribution in [2.45, 2.75) is 0 Å². The van der Waals surface area contributed by atoms with Gasteiger partial charge in [0.15, 0.2) is 0 Å². The van der Waals surface area contributed by atoms with E-state index in [4.69, 9.17) is 19.8 Å². The van der Waals surface area contributed by atoms with Crippen LogP contribution in [0.2, 0.25) is 0 Å². The van der Waals surface area contributed by atoms with Gasteiger partial charge in [0.05, 0.1) is 6.54 Å². The van der Waals surface area contributed by atoms with E-state index in [2.05, 4.69) is 4.52 Å². The molecule has 4 N–H and O–H groups in total. The quantitative estimate of drug-likeness (QED) is 0.443. The SMILES string of the molecule is COP(=O)(O)CN(CC(=O)O)CP(=O)(O)O. The molecule has 0 aromatic heterocycles. The zero-order chi connectivity index (χ0) is 13.0. The minimum atomic E-state index is -4.50. The molecule has 0 aliphatic carbocycles. The average molecular weight is 277 g/mol. The van der Waals surface area contributed by atoms with Crippen molar-refractivity contribution in [3.05, 3.63) is 0 Å². The van der Waals surface area contributed by atoms with Crippen molar-refractivity contribution in [1.82, 2.24) is 4.90 Å². The molecule has 0 aromatic rings. The van der Waals surface area contributed by atoms with E-state index in [1.54, 1.807) is 0 Å². The van der Waals surface area contributed by atoms with E-state index in [0.717, 1.165) is 7.11 Å². The normalized spacial score (nSPS) is 16.1. The van der Waals surface area contributed by atoms with Gasteiger partial charge in [-0.15, -0.1) is 0 Å². The topological polar surface area (TPSA) is 145 Å². The number of hydrogen-bond donors (Lipinski definition) is 4. The maximum atomic E-state index is 11.1. The van der Waals surface area contributed by atoms with Crippen molar-refractivity contribution in [1.29, 1.82) is 0 Å². The Morgan fingerprint density at radius 3 is 2.06 bits per heavy atom. The van der Waals surface area contributed by atoms with Gasteiger partial charge in [0.1, 0.15) is 12.6 Å². The standard InChI is InChI=1S/C5H13NO8P2/c1-14-16(12,13)4-6(2-5(7)8)3-15(9,10)11/h2-4H2,1H3,(H,7,8)(H,12,13)(H2,9,10,11). The maximum Gasteiger partial charge on any atom is 0.341 e. The van der Waals surface area contributed by atoms with Gasteiger partial charge in [0.2, 0.25) is 0 Å². The summed E-state index contributed by atoms with van der Waals surface area (Å²) in [6.45, 7) is -0.765. The third kappa shape index (κ3) is 7.95. The monoisotopic (exact) mass is 277 g/mol. The summed E-state index contributed by atoms with van der Waals surface area (Å²) in [5.74, 6) is -1.37. The van der Waals surface area contributed by atoms with Gasteiger partial charge in [-0.3, -0.25) is 18.8 Å². The lowest BCUT2D eigenvalue weighted by molar-refractivity contribution is -0.137. The number of hydrogen-bond acceptors (Lipinski definition) is 5. The van der Waals surface area contributed by atoms with Crippen molar-refractivity contribution >= 4 is 21.2 Å². The zero-order valence-corrected chi connectivity index (χ0v) is 10.2. The maximum absolute atomic E-state index is 11.1. The van der Waals surface area contributed by atoms with E-state index in [9.17, 15) is 13.9 Å². The minimum absolute atomic E-state index is 0.646. The fraction of sp³-hybridized carbons (Fsp3) is 0.800. The van der Waals surface area contributed by atoms with Crippen LogP contribution < -0.4 is 0 Å². The van der Waals surface area contributed by atoms with E-state index < -0.39 is 40.3 Å². The predicted molar refractivity (Wildman–Crippen MR) is 53.0 cm³/mol. The van der Waals surface area contributed by atoms with Crippen LogP contribution in [0.5, 0.6) is 0 Å². The molecule has 0 spiro atoms. The molecule has 0 aromatic carbocycles. The first-order valence-corrected chi connectivity index (χ1v) is 7.48. The number of aliphatic carboxylic acids is 1. The Balaban J connectivity index is 4.62. The van der Waals surface area contributed by atoms with Crippen molar-refractivity contribution < 1.29 is 38.2 Å². The van der Waals surface area contributed by atoms with Crippen LogP contribution in [-0.2, 0) is 18.4 Å². The van der Waals surface area contributed by atoms with Gasteiger partial charge in [-0.25, -0.2) is 0 Å². The molecule has 0 aliphatic heterocycles. The number of nitrogens with zero attached hydrogens (tertiary/aromatic N) is 1. The van der Waals surface area contributed by atoms with E-state index in [-0.39, 0.29) is 0 Å². The fourth-order valence-electron chi connectivity index (χ4n) is 0.907. The minimum Gasteiger partial charge on any atom is -0.480 e. The molecular weight excluding hydrogens is 264 g/mol. The summed E-state index contributed by atoms with van der Waals surface area (Å²) in [6, 6.07) is 0. The summed E-state index contributed by atoms with van der Waals surface area (Å²) in [5, 5.41) is 8.44.